The highest BCUT2D eigenvalue weighted by Crippen LogP contribution is 2.19. The molecule has 0 aliphatic carbocycles. The van der Waals surface area contributed by atoms with E-state index in [1.165, 1.54) is 16.7 Å². The molecule has 0 bridgehead atoms. The zero-order valence-corrected chi connectivity index (χ0v) is 11.8. The molecule has 1 unspecified atom stereocenters. The summed E-state index contributed by atoms with van der Waals surface area (Å²) in [5, 5.41) is 11.1. The van der Waals surface area contributed by atoms with Gasteiger partial charge in [0.05, 0.1) is 6.20 Å². The second-order valence-electron chi connectivity index (χ2n) is 5.12. The molecule has 2 aromatic rings. The Labute approximate surface area is 115 Å². The molecular weight excluding hydrogens is 234 g/mol. The molecule has 1 aromatic heterocycles. The van der Waals surface area contributed by atoms with Crippen molar-refractivity contribution in [2.45, 2.75) is 32.2 Å². The van der Waals surface area contributed by atoms with Crippen molar-refractivity contribution in [2.75, 3.05) is 7.05 Å². The summed E-state index contributed by atoms with van der Waals surface area (Å²) in [7, 11) is 1.98. The summed E-state index contributed by atoms with van der Waals surface area (Å²) in [6.07, 6.45) is 4.52. The van der Waals surface area contributed by atoms with Crippen LogP contribution in [0.2, 0.25) is 0 Å². The first kappa shape index (κ1) is 13.7. The van der Waals surface area contributed by atoms with Crippen molar-refractivity contribution >= 4 is 0 Å². The number of aromatic nitrogens is 2. The van der Waals surface area contributed by atoms with E-state index in [0.717, 1.165) is 6.42 Å². The molecule has 0 radical (unpaired) electrons. The molecule has 0 aliphatic rings. The van der Waals surface area contributed by atoms with Gasteiger partial charge in [-0.2, -0.15) is 10.2 Å². The molecule has 100 valence electrons. The summed E-state index contributed by atoms with van der Waals surface area (Å²) in [6, 6.07) is 11.2. The van der Waals surface area contributed by atoms with Crippen molar-refractivity contribution in [3.05, 3.63) is 59.4 Å². The summed E-state index contributed by atoms with van der Waals surface area (Å²) in [6.45, 7) is 4.43. The molecule has 19 heavy (non-hydrogen) atoms. The highest BCUT2D eigenvalue weighted by atomic mass is 15.1. The van der Waals surface area contributed by atoms with Crippen LogP contribution < -0.4 is 5.32 Å². The van der Waals surface area contributed by atoms with Gasteiger partial charge in [-0.25, -0.2) is 0 Å². The summed E-state index contributed by atoms with van der Waals surface area (Å²) in [5.74, 6) is 0.582. The minimum Gasteiger partial charge on any atom is -0.313 e. The van der Waals surface area contributed by atoms with Gasteiger partial charge < -0.3 is 5.32 Å². The second-order valence-corrected chi connectivity index (χ2v) is 5.12. The number of rotatable bonds is 5. The van der Waals surface area contributed by atoms with Crippen LogP contribution in [-0.2, 0) is 6.42 Å². The Kier molecular flexibility index (Phi) is 4.63. The first-order valence-electron chi connectivity index (χ1n) is 6.73. The van der Waals surface area contributed by atoms with Crippen molar-refractivity contribution in [3.63, 3.8) is 0 Å². The van der Waals surface area contributed by atoms with Crippen LogP contribution in [-0.4, -0.2) is 17.2 Å². The van der Waals surface area contributed by atoms with Crippen molar-refractivity contribution < 1.29 is 0 Å². The molecule has 3 nitrogen and oxygen atoms in total. The van der Waals surface area contributed by atoms with Crippen LogP contribution in [0.4, 0.5) is 0 Å². The SMILES string of the molecule is CNC(Cc1ccc(C(C)C)cc1)c1ccnnc1. The molecule has 0 saturated heterocycles. The van der Waals surface area contributed by atoms with Gasteiger partial charge in [0, 0.05) is 12.2 Å². The number of benzene rings is 1. The van der Waals surface area contributed by atoms with Crippen LogP contribution in [0.15, 0.2) is 42.7 Å². The fourth-order valence-electron chi connectivity index (χ4n) is 2.17. The zero-order chi connectivity index (χ0) is 13.7. The molecule has 2 rings (SSSR count). The van der Waals surface area contributed by atoms with Crippen LogP contribution >= 0.6 is 0 Å². The lowest BCUT2D eigenvalue weighted by molar-refractivity contribution is 0.587. The summed E-state index contributed by atoms with van der Waals surface area (Å²) in [5.41, 5.74) is 3.89. The molecule has 1 heterocycles. The zero-order valence-electron chi connectivity index (χ0n) is 11.8. The molecule has 3 heteroatoms. The van der Waals surface area contributed by atoms with E-state index < -0.39 is 0 Å². The predicted molar refractivity (Wildman–Crippen MR) is 78.1 cm³/mol. The van der Waals surface area contributed by atoms with Gasteiger partial charge in [0.15, 0.2) is 0 Å². The lowest BCUT2D eigenvalue weighted by Crippen LogP contribution is -2.19. The molecule has 0 amide bonds. The first-order chi connectivity index (χ1) is 9.20. The summed E-state index contributed by atoms with van der Waals surface area (Å²) < 4.78 is 0. The molecule has 0 spiro atoms. The standard InChI is InChI=1S/C16H21N3/c1-12(2)14-6-4-13(5-7-14)10-16(17-3)15-8-9-18-19-11-15/h4-9,11-12,16-17H,10H2,1-3H3. The van der Waals surface area contributed by atoms with Gasteiger partial charge in [-0.05, 0) is 42.1 Å². The van der Waals surface area contributed by atoms with E-state index in [0.29, 0.717) is 5.92 Å². The van der Waals surface area contributed by atoms with Crippen LogP contribution in [0, 0.1) is 0 Å². The minimum atomic E-state index is 0.278. The number of nitrogens with one attached hydrogen (secondary N) is 1. The van der Waals surface area contributed by atoms with E-state index in [1.807, 2.05) is 19.3 Å². The lowest BCUT2D eigenvalue weighted by Gasteiger charge is -2.16. The molecular formula is C16H21N3. The average Bonchev–Trinajstić information content (AvgIpc) is 2.46. The topological polar surface area (TPSA) is 37.8 Å². The predicted octanol–water partition coefficient (Wildman–Crippen LogP) is 3.10. The maximum atomic E-state index is 3.94. The first-order valence-corrected chi connectivity index (χ1v) is 6.73. The largest absolute Gasteiger partial charge is 0.313 e. The Morgan fingerprint density at radius 2 is 1.74 bits per heavy atom. The fraction of sp³-hybridized carbons (Fsp3) is 0.375. The van der Waals surface area contributed by atoms with Crippen LogP contribution in [0.25, 0.3) is 0 Å². The van der Waals surface area contributed by atoms with E-state index in [2.05, 4.69) is 53.6 Å². The summed E-state index contributed by atoms with van der Waals surface area (Å²) in [4.78, 5) is 0. The van der Waals surface area contributed by atoms with Crippen LogP contribution in [0.3, 0.4) is 0 Å². The maximum absolute atomic E-state index is 3.94. The van der Waals surface area contributed by atoms with E-state index in [1.54, 1.807) is 6.20 Å². The molecule has 0 fully saturated rings. The van der Waals surface area contributed by atoms with Crippen molar-refractivity contribution in [2.24, 2.45) is 0 Å². The number of hydrogen-bond donors (Lipinski definition) is 1. The fourth-order valence-corrected chi connectivity index (χ4v) is 2.17. The van der Waals surface area contributed by atoms with Crippen molar-refractivity contribution in [3.8, 4) is 0 Å². The Bertz CT molecular complexity index is 491. The second kappa shape index (κ2) is 6.43. The van der Waals surface area contributed by atoms with Gasteiger partial charge in [-0.1, -0.05) is 38.1 Å². The van der Waals surface area contributed by atoms with Crippen LogP contribution in [0.1, 0.15) is 42.5 Å². The van der Waals surface area contributed by atoms with Gasteiger partial charge in [0.2, 0.25) is 0 Å². The van der Waals surface area contributed by atoms with E-state index in [-0.39, 0.29) is 6.04 Å². The third-order valence-corrected chi connectivity index (χ3v) is 3.44. The van der Waals surface area contributed by atoms with Crippen molar-refractivity contribution in [1.82, 2.24) is 15.5 Å². The van der Waals surface area contributed by atoms with Crippen LogP contribution in [0.5, 0.6) is 0 Å². The highest BCUT2D eigenvalue weighted by Gasteiger charge is 2.10. The van der Waals surface area contributed by atoms with Gasteiger partial charge in [-0.3, -0.25) is 0 Å². The minimum absolute atomic E-state index is 0.278. The monoisotopic (exact) mass is 255 g/mol. The quantitative estimate of drug-likeness (QED) is 0.892. The Morgan fingerprint density at radius 1 is 1.00 bits per heavy atom. The Hall–Kier alpha value is -1.74. The van der Waals surface area contributed by atoms with E-state index >= 15 is 0 Å². The number of nitrogens with zero attached hydrogens (tertiary/aromatic N) is 2. The van der Waals surface area contributed by atoms with Gasteiger partial charge in [0.1, 0.15) is 0 Å². The van der Waals surface area contributed by atoms with Gasteiger partial charge in [-0.15, -0.1) is 0 Å². The molecule has 1 aromatic carbocycles. The lowest BCUT2D eigenvalue weighted by atomic mass is 9.97. The molecule has 1 N–H and O–H groups in total. The molecule has 0 saturated carbocycles. The third kappa shape index (κ3) is 3.61. The van der Waals surface area contributed by atoms with Gasteiger partial charge >= 0.3 is 0 Å². The summed E-state index contributed by atoms with van der Waals surface area (Å²) >= 11 is 0. The third-order valence-electron chi connectivity index (χ3n) is 3.44. The number of likely N-dealkylation sites (N-methyl/N-ethyl adjacent to an activating group) is 1. The van der Waals surface area contributed by atoms with E-state index in [9.17, 15) is 0 Å². The maximum Gasteiger partial charge on any atom is 0.0544 e. The molecule has 0 aliphatic heterocycles. The normalized spacial score (nSPS) is 12.6. The Balaban J connectivity index is 2.10. The van der Waals surface area contributed by atoms with E-state index in [4.69, 9.17) is 0 Å². The Morgan fingerprint density at radius 3 is 2.26 bits per heavy atom. The smallest absolute Gasteiger partial charge is 0.0544 e. The average molecular weight is 255 g/mol. The van der Waals surface area contributed by atoms with Crippen molar-refractivity contribution in [1.29, 1.82) is 0 Å². The highest BCUT2D eigenvalue weighted by molar-refractivity contribution is 5.26. The number of hydrogen-bond acceptors (Lipinski definition) is 3. The molecule has 1 atom stereocenters. The van der Waals surface area contributed by atoms with Gasteiger partial charge in [0.25, 0.3) is 0 Å².